The molecule has 2 N–H and O–H groups in total. The van der Waals surface area contributed by atoms with Crippen LogP contribution in [0.2, 0.25) is 0 Å². The molecule has 132 valence electrons. The fourth-order valence-electron chi connectivity index (χ4n) is 2.30. The Hall–Kier alpha value is -2.26. The fraction of sp³-hybridized carbons (Fsp3) is 0. The standard InChI is InChI=1S/C18H14N2O3S3/c19-26(22,23)15-11-9-14(10-12-15)20-17(21)16(25-18(20)24)8-4-7-13-5-2-1-3-6-13/h1-12H,(H2,19,22,23)/b7-4+,16-8-. The lowest BCUT2D eigenvalue weighted by atomic mass is 10.2. The summed E-state index contributed by atoms with van der Waals surface area (Å²) in [5.74, 6) is -0.249. The number of nitrogens with two attached hydrogens (primary N) is 1. The number of primary sulfonamides is 1. The summed E-state index contributed by atoms with van der Waals surface area (Å²) in [5.41, 5.74) is 1.52. The van der Waals surface area contributed by atoms with Crippen molar-refractivity contribution in [2.24, 2.45) is 5.14 Å². The van der Waals surface area contributed by atoms with Crippen LogP contribution in [0, 0.1) is 0 Å². The summed E-state index contributed by atoms with van der Waals surface area (Å²) in [6, 6.07) is 15.4. The summed E-state index contributed by atoms with van der Waals surface area (Å²) in [4.78, 5) is 14.5. The van der Waals surface area contributed by atoms with Crippen LogP contribution < -0.4 is 10.0 Å². The van der Waals surface area contributed by atoms with Gasteiger partial charge in [-0.15, -0.1) is 0 Å². The quantitative estimate of drug-likeness (QED) is 0.627. The van der Waals surface area contributed by atoms with E-state index < -0.39 is 10.0 Å². The molecule has 0 saturated carbocycles. The lowest BCUT2D eigenvalue weighted by Gasteiger charge is -2.14. The first kappa shape index (κ1) is 18.5. The van der Waals surface area contributed by atoms with Gasteiger partial charge < -0.3 is 0 Å². The van der Waals surface area contributed by atoms with Crippen molar-refractivity contribution in [3.63, 3.8) is 0 Å². The van der Waals surface area contributed by atoms with Crippen molar-refractivity contribution in [2.45, 2.75) is 4.90 Å². The number of thioether (sulfide) groups is 1. The smallest absolute Gasteiger partial charge is 0.268 e. The molecule has 3 rings (SSSR count). The topological polar surface area (TPSA) is 80.5 Å². The minimum atomic E-state index is -3.78. The first-order chi connectivity index (χ1) is 12.4. The highest BCUT2D eigenvalue weighted by atomic mass is 32.2. The van der Waals surface area contributed by atoms with Gasteiger partial charge >= 0.3 is 0 Å². The molecule has 2 aromatic carbocycles. The third kappa shape index (κ3) is 4.10. The molecule has 0 radical (unpaired) electrons. The predicted molar refractivity (Wildman–Crippen MR) is 109 cm³/mol. The van der Waals surface area contributed by atoms with E-state index in [1.165, 1.54) is 40.9 Å². The molecule has 0 aliphatic carbocycles. The second kappa shape index (κ2) is 7.55. The predicted octanol–water partition coefficient (Wildman–Crippen LogP) is 3.30. The number of hydrogen-bond acceptors (Lipinski definition) is 5. The van der Waals surface area contributed by atoms with E-state index in [0.29, 0.717) is 14.9 Å². The Morgan fingerprint density at radius 3 is 2.31 bits per heavy atom. The molecule has 0 unspecified atom stereocenters. The molecule has 1 fully saturated rings. The second-order valence-corrected chi connectivity index (χ2v) is 8.59. The normalized spacial score (nSPS) is 16.8. The third-order valence-electron chi connectivity index (χ3n) is 3.55. The van der Waals surface area contributed by atoms with E-state index in [2.05, 4.69) is 0 Å². The third-order valence-corrected chi connectivity index (χ3v) is 5.80. The molecule has 26 heavy (non-hydrogen) atoms. The zero-order chi connectivity index (χ0) is 18.7. The van der Waals surface area contributed by atoms with Crippen molar-refractivity contribution in [2.75, 3.05) is 4.90 Å². The zero-order valence-corrected chi connectivity index (χ0v) is 15.9. The molecule has 1 amide bonds. The van der Waals surface area contributed by atoms with Crippen molar-refractivity contribution in [3.05, 3.63) is 77.2 Å². The van der Waals surface area contributed by atoms with Crippen molar-refractivity contribution >= 4 is 56.0 Å². The highest BCUT2D eigenvalue weighted by Gasteiger charge is 2.33. The molecule has 0 bridgehead atoms. The van der Waals surface area contributed by atoms with Gasteiger partial charge in [-0.1, -0.05) is 66.5 Å². The maximum absolute atomic E-state index is 12.6. The molecule has 1 aliphatic heterocycles. The van der Waals surface area contributed by atoms with Crippen LogP contribution in [-0.2, 0) is 14.8 Å². The average Bonchev–Trinajstić information content (AvgIpc) is 2.89. The monoisotopic (exact) mass is 402 g/mol. The summed E-state index contributed by atoms with van der Waals surface area (Å²) < 4.78 is 23.1. The molecule has 2 aromatic rings. The summed E-state index contributed by atoms with van der Waals surface area (Å²) >= 11 is 6.48. The Kier molecular flexibility index (Phi) is 5.38. The van der Waals surface area contributed by atoms with E-state index >= 15 is 0 Å². The number of allylic oxidation sites excluding steroid dienone is 2. The van der Waals surface area contributed by atoms with Gasteiger partial charge in [0.25, 0.3) is 5.91 Å². The van der Waals surface area contributed by atoms with Crippen molar-refractivity contribution < 1.29 is 13.2 Å². The van der Waals surface area contributed by atoms with E-state index in [4.69, 9.17) is 17.4 Å². The van der Waals surface area contributed by atoms with Crippen LogP contribution >= 0.6 is 24.0 Å². The van der Waals surface area contributed by atoms with Crippen LogP contribution in [-0.4, -0.2) is 18.6 Å². The van der Waals surface area contributed by atoms with E-state index in [1.807, 2.05) is 36.4 Å². The highest BCUT2D eigenvalue weighted by Crippen LogP contribution is 2.35. The number of carbonyl (C=O) groups is 1. The molecule has 1 aliphatic rings. The van der Waals surface area contributed by atoms with E-state index in [0.717, 1.165) is 5.56 Å². The molecule has 0 atom stereocenters. The number of hydrogen-bond donors (Lipinski definition) is 1. The Bertz CT molecular complexity index is 1010. The zero-order valence-electron chi connectivity index (χ0n) is 13.4. The first-order valence-electron chi connectivity index (χ1n) is 7.49. The maximum Gasteiger partial charge on any atom is 0.270 e. The number of carbonyl (C=O) groups excluding carboxylic acids is 1. The molecule has 8 heteroatoms. The number of rotatable bonds is 4. The van der Waals surface area contributed by atoms with Crippen LogP contribution in [0.1, 0.15) is 5.56 Å². The van der Waals surface area contributed by atoms with Crippen LogP contribution in [0.15, 0.2) is 76.5 Å². The molecule has 0 spiro atoms. The van der Waals surface area contributed by atoms with E-state index in [9.17, 15) is 13.2 Å². The van der Waals surface area contributed by atoms with Crippen LogP contribution in [0.4, 0.5) is 5.69 Å². The lowest BCUT2D eigenvalue weighted by molar-refractivity contribution is -0.113. The number of amides is 1. The number of nitrogens with zero attached hydrogens (tertiary/aromatic N) is 1. The van der Waals surface area contributed by atoms with Gasteiger partial charge in [0.15, 0.2) is 4.32 Å². The van der Waals surface area contributed by atoms with Crippen LogP contribution in [0.3, 0.4) is 0 Å². The molecule has 1 heterocycles. The minimum absolute atomic E-state index is 0.0203. The summed E-state index contributed by atoms with van der Waals surface area (Å²) in [6.45, 7) is 0. The van der Waals surface area contributed by atoms with Gasteiger partial charge in [0.1, 0.15) is 0 Å². The van der Waals surface area contributed by atoms with Gasteiger partial charge in [-0.3, -0.25) is 9.69 Å². The first-order valence-corrected chi connectivity index (χ1v) is 10.3. The number of thiocarbonyl (C=S) groups is 1. The Balaban J connectivity index is 1.81. The summed E-state index contributed by atoms with van der Waals surface area (Å²) in [7, 11) is -3.78. The number of anilines is 1. The molecule has 1 saturated heterocycles. The highest BCUT2D eigenvalue weighted by molar-refractivity contribution is 8.27. The average molecular weight is 403 g/mol. The van der Waals surface area contributed by atoms with Crippen molar-refractivity contribution in [3.8, 4) is 0 Å². The van der Waals surface area contributed by atoms with Crippen LogP contribution in [0.25, 0.3) is 6.08 Å². The molecular weight excluding hydrogens is 388 g/mol. The van der Waals surface area contributed by atoms with E-state index in [1.54, 1.807) is 12.2 Å². The lowest BCUT2D eigenvalue weighted by Crippen LogP contribution is -2.27. The summed E-state index contributed by atoms with van der Waals surface area (Å²) in [6.07, 6.45) is 5.41. The molecule has 0 aromatic heterocycles. The van der Waals surface area contributed by atoms with Gasteiger partial charge in [-0.2, -0.15) is 0 Å². The molecular formula is C18H14N2O3S3. The van der Waals surface area contributed by atoms with Gasteiger partial charge in [-0.05, 0) is 35.9 Å². The van der Waals surface area contributed by atoms with E-state index in [-0.39, 0.29) is 10.8 Å². The SMILES string of the molecule is NS(=O)(=O)c1ccc(N2C(=O)/C(=C/C=C/c3ccccc3)SC2=S)cc1. The largest absolute Gasteiger partial charge is 0.270 e. The maximum atomic E-state index is 12.6. The van der Waals surface area contributed by atoms with Gasteiger partial charge in [0.05, 0.1) is 15.5 Å². The Morgan fingerprint density at radius 1 is 1.04 bits per heavy atom. The Labute approximate surface area is 161 Å². The number of benzene rings is 2. The van der Waals surface area contributed by atoms with Gasteiger partial charge in [0, 0.05) is 0 Å². The molecule has 5 nitrogen and oxygen atoms in total. The van der Waals surface area contributed by atoms with Crippen molar-refractivity contribution in [1.82, 2.24) is 0 Å². The number of sulfonamides is 1. The van der Waals surface area contributed by atoms with Crippen LogP contribution in [0.5, 0.6) is 0 Å². The van der Waals surface area contributed by atoms with Crippen molar-refractivity contribution in [1.29, 1.82) is 0 Å². The minimum Gasteiger partial charge on any atom is -0.268 e. The fourth-order valence-corrected chi connectivity index (χ4v) is 4.07. The summed E-state index contributed by atoms with van der Waals surface area (Å²) in [5, 5.41) is 5.08. The van der Waals surface area contributed by atoms with Gasteiger partial charge in [-0.25, -0.2) is 13.6 Å². The second-order valence-electron chi connectivity index (χ2n) is 5.35. The Morgan fingerprint density at radius 2 is 1.69 bits per heavy atom. The van der Waals surface area contributed by atoms with Gasteiger partial charge in [0.2, 0.25) is 10.0 Å².